The number of carboxylic acids is 1. The molecule has 1 aromatic rings. The van der Waals surface area contributed by atoms with Gasteiger partial charge >= 0.3 is 11.7 Å². The smallest absolute Gasteiger partial charge is 0.330 e. The van der Waals surface area contributed by atoms with Crippen LogP contribution in [-0.2, 0) is 14.3 Å². The zero-order valence-corrected chi connectivity index (χ0v) is 11.8. The van der Waals surface area contributed by atoms with E-state index in [0.717, 1.165) is 0 Å². The van der Waals surface area contributed by atoms with Gasteiger partial charge in [-0.25, -0.2) is 4.79 Å². The van der Waals surface area contributed by atoms with Crippen molar-refractivity contribution in [2.24, 2.45) is 5.92 Å². The van der Waals surface area contributed by atoms with Gasteiger partial charge in [0.15, 0.2) is 6.23 Å². The van der Waals surface area contributed by atoms with Crippen LogP contribution in [0.5, 0.6) is 0 Å². The molecule has 2 bridgehead atoms. The first kappa shape index (κ1) is 14.9. The Hall–Kier alpha value is -1.97. The van der Waals surface area contributed by atoms with Crippen LogP contribution in [-0.4, -0.2) is 50.7 Å². The van der Waals surface area contributed by atoms with Gasteiger partial charge in [-0.3, -0.25) is 19.1 Å². The summed E-state index contributed by atoms with van der Waals surface area (Å²) in [7, 11) is 0. The third kappa shape index (κ3) is 2.09. The topological polar surface area (TPSA) is 131 Å². The second-order valence-electron chi connectivity index (χ2n) is 5.69. The molecule has 3 rings (SSSR count). The molecule has 22 heavy (non-hydrogen) atoms. The maximum Gasteiger partial charge on any atom is 0.330 e. The van der Waals surface area contributed by atoms with E-state index in [1.807, 2.05) is 0 Å². The summed E-state index contributed by atoms with van der Waals surface area (Å²) in [6, 6.07) is 0. The summed E-state index contributed by atoms with van der Waals surface area (Å²) < 4.78 is 12.5. The number of nitrogens with one attached hydrogen (secondary N) is 1. The maximum atomic E-state index is 12.0. The number of nitrogens with zero attached hydrogens (tertiary/aromatic N) is 1. The second-order valence-corrected chi connectivity index (χ2v) is 5.69. The van der Waals surface area contributed by atoms with Crippen molar-refractivity contribution < 1.29 is 24.5 Å². The summed E-state index contributed by atoms with van der Waals surface area (Å²) in [5, 5.41) is 18.6. The van der Waals surface area contributed by atoms with E-state index in [9.17, 15) is 19.5 Å². The highest BCUT2D eigenvalue weighted by Crippen LogP contribution is 2.49. The molecule has 3 N–H and O–H groups in total. The number of hydrogen-bond donors (Lipinski definition) is 3. The minimum Gasteiger partial charge on any atom is -0.481 e. The molecular weight excluding hydrogens is 296 g/mol. The first-order valence-corrected chi connectivity index (χ1v) is 6.82. The normalized spacial score (nSPS) is 33.3. The van der Waals surface area contributed by atoms with Crippen LogP contribution < -0.4 is 11.2 Å². The average molecular weight is 312 g/mol. The number of fused-ring (bicyclic) bond motifs is 2. The molecule has 2 saturated heterocycles. The lowest BCUT2D eigenvalue weighted by Crippen LogP contribution is -2.43. The number of carbonyl (C=O) groups is 1. The maximum absolute atomic E-state index is 12.0. The van der Waals surface area contributed by atoms with Crippen LogP contribution in [0, 0.1) is 12.8 Å². The number of aryl methyl sites for hydroxylation is 1. The Morgan fingerprint density at radius 1 is 1.55 bits per heavy atom. The van der Waals surface area contributed by atoms with E-state index in [0.29, 0.717) is 5.56 Å². The lowest BCUT2D eigenvalue weighted by Gasteiger charge is -2.30. The predicted molar refractivity (Wildman–Crippen MR) is 71.5 cm³/mol. The van der Waals surface area contributed by atoms with Crippen LogP contribution >= 0.6 is 0 Å². The number of aliphatic hydroxyl groups is 1. The van der Waals surface area contributed by atoms with Crippen molar-refractivity contribution in [2.45, 2.75) is 31.3 Å². The average Bonchev–Trinajstić information content (AvgIpc) is 2.95. The minimum atomic E-state index is -1.14. The van der Waals surface area contributed by atoms with E-state index in [4.69, 9.17) is 14.6 Å². The van der Waals surface area contributed by atoms with Crippen LogP contribution in [0.1, 0.15) is 18.2 Å². The molecule has 9 heteroatoms. The molecule has 1 aromatic heterocycles. The van der Waals surface area contributed by atoms with Crippen LogP contribution in [0.4, 0.5) is 0 Å². The van der Waals surface area contributed by atoms with Crippen molar-refractivity contribution in [1.82, 2.24) is 9.55 Å². The Kier molecular flexibility index (Phi) is 3.42. The van der Waals surface area contributed by atoms with Gasteiger partial charge in [-0.1, -0.05) is 0 Å². The molecule has 2 fully saturated rings. The summed E-state index contributed by atoms with van der Waals surface area (Å²) in [4.78, 5) is 36.6. The van der Waals surface area contributed by atoms with E-state index in [1.165, 1.54) is 10.8 Å². The van der Waals surface area contributed by atoms with Crippen LogP contribution in [0.3, 0.4) is 0 Å². The van der Waals surface area contributed by atoms with Gasteiger partial charge in [-0.2, -0.15) is 0 Å². The first-order valence-electron chi connectivity index (χ1n) is 6.82. The van der Waals surface area contributed by atoms with Gasteiger partial charge in [0, 0.05) is 17.7 Å². The van der Waals surface area contributed by atoms with Crippen molar-refractivity contribution in [3.05, 3.63) is 32.6 Å². The summed E-state index contributed by atoms with van der Waals surface area (Å²) in [6.45, 7) is 1.20. The molecule has 0 amide bonds. The number of H-pyrrole nitrogens is 1. The molecule has 0 aromatic carbocycles. The lowest BCUT2D eigenvalue weighted by molar-refractivity contribution is -0.186. The van der Waals surface area contributed by atoms with Crippen LogP contribution in [0.15, 0.2) is 15.8 Å². The highest BCUT2D eigenvalue weighted by atomic mass is 16.6. The predicted octanol–water partition coefficient (Wildman–Crippen LogP) is -1.41. The van der Waals surface area contributed by atoms with E-state index in [2.05, 4.69) is 4.98 Å². The number of aliphatic carboxylic acids is 1. The molecular formula is C13H16N2O7. The fourth-order valence-corrected chi connectivity index (χ4v) is 3.15. The van der Waals surface area contributed by atoms with Crippen molar-refractivity contribution in [1.29, 1.82) is 0 Å². The zero-order valence-electron chi connectivity index (χ0n) is 11.8. The number of ether oxygens (including phenoxy) is 2. The van der Waals surface area contributed by atoms with Gasteiger partial charge in [0.25, 0.3) is 5.56 Å². The highest BCUT2D eigenvalue weighted by Gasteiger charge is 2.62. The molecule has 3 heterocycles. The van der Waals surface area contributed by atoms with E-state index >= 15 is 0 Å². The number of aromatic nitrogens is 2. The van der Waals surface area contributed by atoms with Gasteiger partial charge in [0.1, 0.15) is 11.7 Å². The minimum absolute atomic E-state index is 0.0691. The Bertz CT molecular complexity index is 724. The van der Waals surface area contributed by atoms with Crippen molar-refractivity contribution >= 4 is 5.97 Å². The van der Waals surface area contributed by atoms with Gasteiger partial charge in [0.05, 0.1) is 19.6 Å². The van der Waals surface area contributed by atoms with E-state index in [-0.39, 0.29) is 13.0 Å². The standard InChI is InChI=1S/C13H16N2O7/c1-6-3-15(12(20)14-10(6)19)11-9-7(2-8(17)18)13(4-16,22-11)5-21-9/h3,7,9,11,16H,2,4-5H2,1H3,(H,17,18)(H,14,19,20)/t7?,9-,11+,13-/m0/s1. The molecule has 0 saturated carbocycles. The van der Waals surface area contributed by atoms with Gasteiger partial charge in [-0.15, -0.1) is 0 Å². The molecule has 4 atom stereocenters. The Labute approximate surface area is 124 Å². The second kappa shape index (κ2) is 5.04. The molecule has 0 aliphatic carbocycles. The van der Waals surface area contributed by atoms with E-state index in [1.54, 1.807) is 6.92 Å². The van der Waals surface area contributed by atoms with E-state index < -0.39 is 47.7 Å². The number of aromatic amines is 1. The Morgan fingerprint density at radius 3 is 2.91 bits per heavy atom. The summed E-state index contributed by atoms with van der Waals surface area (Å²) >= 11 is 0. The van der Waals surface area contributed by atoms with Crippen LogP contribution in [0.2, 0.25) is 0 Å². The molecule has 0 spiro atoms. The third-order valence-electron chi connectivity index (χ3n) is 4.31. The van der Waals surface area contributed by atoms with Gasteiger partial charge in [0.2, 0.25) is 0 Å². The van der Waals surface area contributed by atoms with Crippen LogP contribution in [0.25, 0.3) is 0 Å². The van der Waals surface area contributed by atoms with Crippen molar-refractivity contribution in [3.63, 3.8) is 0 Å². The van der Waals surface area contributed by atoms with Gasteiger partial charge in [-0.05, 0) is 6.92 Å². The molecule has 9 nitrogen and oxygen atoms in total. The van der Waals surface area contributed by atoms with Gasteiger partial charge < -0.3 is 19.7 Å². The fourth-order valence-electron chi connectivity index (χ4n) is 3.15. The number of hydrogen-bond acceptors (Lipinski definition) is 6. The number of carboxylic acid groups (broad SMARTS) is 1. The van der Waals surface area contributed by atoms with Crippen molar-refractivity contribution in [2.75, 3.05) is 13.2 Å². The quantitative estimate of drug-likeness (QED) is 0.623. The fraction of sp³-hybridized carbons (Fsp3) is 0.615. The summed E-state index contributed by atoms with van der Waals surface area (Å²) in [6.07, 6.45) is -0.447. The molecule has 120 valence electrons. The highest BCUT2D eigenvalue weighted by molar-refractivity contribution is 5.67. The number of aliphatic hydroxyl groups excluding tert-OH is 1. The third-order valence-corrected chi connectivity index (χ3v) is 4.31. The number of rotatable bonds is 4. The first-order chi connectivity index (χ1) is 10.4. The largest absolute Gasteiger partial charge is 0.481 e. The Morgan fingerprint density at radius 2 is 2.27 bits per heavy atom. The van der Waals surface area contributed by atoms with Crippen molar-refractivity contribution in [3.8, 4) is 0 Å². The Balaban J connectivity index is 2.01. The summed E-state index contributed by atoms with van der Waals surface area (Å²) in [5.74, 6) is -1.60. The molecule has 2 aliphatic heterocycles. The monoisotopic (exact) mass is 312 g/mol. The molecule has 1 unspecified atom stereocenters. The molecule has 0 radical (unpaired) electrons. The molecule has 2 aliphatic rings. The lowest BCUT2D eigenvalue weighted by atomic mass is 9.86. The SMILES string of the molecule is Cc1cn([C@@H]2O[C@@]3(CO)CO[C@H]2C3CC(=O)O)c(=O)[nH]c1=O. The zero-order chi connectivity index (χ0) is 16.1. The summed E-state index contributed by atoms with van der Waals surface area (Å²) in [5.41, 5.74) is -1.99.